The van der Waals surface area contributed by atoms with Crippen LogP contribution in [0.3, 0.4) is 0 Å². The predicted molar refractivity (Wildman–Crippen MR) is 112 cm³/mol. The fourth-order valence-electron chi connectivity index (χ4n) is 5.17. The third-order valence-electron chi connectivity index (χ3n) is 7.91. The molecular weight excluding hydrogens is 336 g/mol. The number of rotatable bonds is 5. The summed E-state index contributed by atoms with van der Waals surface area (Å²) in [5.41, 5.74) is 0. The molecule has 4 atom stereocenters. The number of fused-ring (bicyclic) bond motifs is 1. The van der Waals surface area contributed by atoms with Crippen molar-refractivity contribution in [2.24, 2.45) is 23.7 Å². The van der Waals surface area contributed by atoms with Gasteiger partial charge in [0.15, 0.2) is 8.32 Å². The van der Waals surface area contributed by atoms with Gasteiger partial charge in [-0.15, -0.1) is 0 Å². The minimum Gasteiger partial charge on any atom is -0.410 e. The predicted octanol–water partition coefficient (Wildman–Crippen LogP) is 6.52. The Morgan fingerprint density at radius 1 is 1.04 bits per heavy atom. The van der Waals surface area contributed by atoms with Crippen molar-refractivity contribution in [3.63, 3.8) is 0 Å². The van der Waals surface area contributed by atoms with Crippen LogP contribution in [-0.2, 0) is 9.22 Å². The molecule has 4 unspecified atom stereocenters. The molecule has 26 heavy (non-hydrogen) atoms. The summed E-state index contributed by atoms with van der Waals surface area (Å²) in [6, 6.07) is 0. The van der Waals surface area contributed by atoms with E-state index in [-0.39, 0.29) is 11.1 Å². The molecule has 0 aliphatic heterocycles. The van der Waals surface area contributed by atoms with Gasteiger partial charge in [-0.25, -0.2) is 0 Å². The summed E-state index contributed by atoms with van der Waals surface area (Å²) in [6.45, 7) is 11.8. The zero-order chi connectivity index (χ0) is 18.9. The van der Waals surface area contributed by atoms with Gasteiger partial charge in [0.05, 0.1) is 6.10 Å². The third kappa shape index (κ3) is 4.35. The second kappa shape index (κ2) is 7.91. The molecule has 0 aromatic carbocycles. The number of hydrogen-bond acceptors (Lipinski definition) is 2. The molecular formula is C23H40O2Si. The van der Waals surface area contributed by atoms with Gasteiger partial charge in [-0.1, -0.05) is 52.2 Å². The highest BCUT2D eigenvalue weighted by Gasteiger charge is 2.44. The van der Waals surface area contributed by atoms with Crippen molar-refractivity contribution in [3.05, 3.63) is 12.2 Å². The maximum atomic E-state index is 12.0. The lowest BCUT2D eigenvalue weighted by atomic mass is 9.84. The highest BCUT2D eigenvalue weighted by molar-refractivity contribution is 6.74. The molecule has 3 fully saturated rings. The van der Waals surface area contributed by atoms with Crippen molar-refractivity contribution in [2.45, 2.75) is 103 Å². The van der Waals surface area contributed by atoms with E-state index in [0.29, 0.717) is 29.5 Å². The molecule has 3 rings (SSSR count). The molecule has 3 aliphatic rings. The van der Waals surface area contributed by atoms with Crippen LogP contribution in [0.4, 0.5) is 0 Å². The topological polar surface area (TPSA) is 26.3 Å². The Morgan fingerprint density at radius 3 is 2.38 bits per heavy atom. The molecule has 0 radical (unpaired) electrons. The van der Waals surface area contributed by atoms with E-state index in [9.17, 15) is 4.79 Å². The fourth-order valence-corrected chi connectivity index (χ4v) is 6.48. The summed E-state index contributed by atoms with van der Waals surface area (Å²) in [6.07, 6.45) is 16.2. The number of Topliss-reactive ketones (excluding diaryl/α,β-unsaturated/α-hetero) is 1. The maximum Gasteiger partial charge on any atom is 0.192 e. The summed E-state index contributed by atoms with van der Waals surface area (Å²) < 4.78 is 6.92. The van der Waals surface area contributed by atoms with Gasteiger partial charge in [-0.2, -0.15) is 0 Å². The average molecular weight is 377 g/mol. The zero-order valence-corrected chi connectivity index (χ0v) is 18.7. The minimum atomic E-state index is -1.77. The highest BCUT2D eigenvalue weighted by Crippen LogP contribution is 2.47. The second-order valence-electron chi connectivity index (χ2n) is 10.6. The lowest BCUT2D eigenvalue weighted by Gasteiger charge is -2.41. The molecule has 0 aromatic heterocycles. The van der Waals surface area contributed by atoms with E-state index in [0.717, 1.165) is 19.3 Å². The van der Waals surface area contributed by atoms with Gasteiger partial charge in [0, 0.05) is 12.3 Å². The van der Waals surface area contributed by atoms with Gasteiger partial charge in [-0.3, -0.25) is 4.79 Å². The van der Waals surface area contributed by atoms with Crippen molar-refractivity contribution in [2.75, 3.05) is 0 Å². The normalized spacial score (nSPS) is 32.3. The Morgan fingerprint density at radius 2 is 1.73 bits per heavy atom. The van der Waals surface area contributed by atoms with Crippen molar-refractivity contribution in [1.82, 2.24) is 0 Å². The third-order valence-corrected chi connectivity index (χ3v) is 12.4. The van der Waals surface area contributed by atoms with E-state index in [2.05, 4.69) is 46.0 Å². The molecule has 0 amide bonds. The molecule has 0 saturated heterocycles. The van der Waals surface area contributed by atoms with Crippen LogP contribution in [0.15, 0.2) is 12.2 Å². The number of ketones is 1. The zero-order valence-electron chi connectivity index (χ0n) is 17.7. The summed E-state index contributed by atoms with van der Waals surface area (Å²) in [5, 5.41) is 0.254. The van der Waals surface area contributed by atoms with Crippen LogP contribution in [-0.4, -0.2) is 20.2 Å². The first-order valence-corrected chi connectivity index (χ1v) is 14.0. The Hall–Kier alpha value is -0.413. The lowest BCUT2D eigenvalue weighted by Crippen LogP contribution is -2.45. The van der Waals surface area contributed by atoms with Gasteiger partial charge in [-0.05, 0) is 68.0 Å². The van der Waals surface area contributed by atoms with Gasteiger partial charge < -0.3 is 4.43 Å². The molecule has 148 valence electrons. The van der Waals surface area contributed by atoms with Crippen LogP contribution >= 0.6 is 0 Å². The number of allylic oxidation sites excluding steroid dienone is 1. The van der Waals surface area contributed by atoms with E-state index in [1.807, 2.05) is 0 Å². The average Bonchev–Trinajstić information content (AvgIpc) is 3.14. The van der Waals surface area contributed by atoms with E-state index in [1.54, 1.807) is 0 Å². The minimum absolute atomic E-state index is 0.254. The number of hydrogen-bond donors (Lipinski definition) is 0. The van der Waals surface area contributed by atoms with Crippen LogP contribution in [0.5, 0.6) is 0 Å². The van der Waals surface area contributed by atoms with Gasteiger partial charge in [0.2, 0.25) is 0 Å². The Balaban J connectivity index is 1.72. The largest absolute Gasteiger partial charge is 0.410 e. The SMILES string of the molecule is CC(C)(C)[Si](C)(C)OC(/C=C/C1CCC2C(=O)CCC12)C1CCCCC1. The van der Waals surface area contributed by atoms with Crippen LogP contribution in [0.2, 0.25) is 18.1 Å². The smallest absolute Gasteiger partial charge is 0.192 e. The van der Waals surface area contributed by atoms with Crippen molar-refractivity contribution >= 4 is 14.1 Å². The molecule has 0 N–H and O–H groups in total. The standard InChI is InChI=1S/C23H40O2Si/c1-23(2,3)26(4,5)25-22(18-9-7-6-8-10-18)16-12-17-11-13-20-19(17)14-15-21(20)24/h12,16-20,22H,6-11,13-15H2,1-5H3/b16-12+. The maximum absolute atomic E-state index is 12.0. The summed E-state index contributed by atoms with van der Waals surface area (Å²) >= 11 is 0. The first-order valence-electron chi connectivity index (χ1n) is 11.1. The molecule has 0 heterocycles. The summed E-state index contributed by atoms with van der Waals surface area (Å²) in [4.78, 5) is 12.0. The molecule has 0 bridgehead atoms. The van der Waals surface area contributed by atoms with Crippen molar-refractivity contribution < 1.29 is 9.22 Å². The number of carbonyl (C=O) groups is 1. The highest BCUT2D eigenvalue weighted by atomic mass is 28.4. The van der Waals surface area contributed by atoms with E-state index < -0.39 is 8.32 Å². The first-order chi connectivity index (χ1) is 12.2. The second-order valence-corrected chi connectivity index (χ2v) is 15.4. The van der Waals surface area contributed by atoms with Gasteiger partial charge >= 0.3 is 0 Å². The quantitative estimate of drug-likeness (QED) is 0.403. The molecule has 0 spiro atoms. The first kappa shape index (κ1) is 20.3. The molecule has 3 aliphatic carbocycles. The van der Waals surface area contributed by atoms with Crippen LogP contribution in [0.25, 0.3) is 0 Å². The Labute approximate surface area is 162 Å². The fraction of sp³-hybridized carbons (Fsp3) is 0.870. The number of carbonyl (C=O) groups excluding carboxylic acids is 1. The Kier molecular flexibility index (Phi) is 6.18. The molecule has 2 nitrogen and oxygen atoms in total. The van der Waals surface area contributed by atoms with E-state index in [1.165, 1.54) is 38.5 Å². The molecule has 0 aromatic rings. The lowest BCUT2D eigenvalue weighted by molar-refractivity contribution is -0.120. The summed E-state index contributed by atoms with van der Waals surface area (Å²) in [7, 11) is -1.77. The molecule has 3 heteroatoms. The molecule has 3 saturated carbocycles. The van der Waals surface area contributed by atoms with Crippen molar-refractivity contribution in [1.29, 1.82) is 0 Å². The monoisotopic (exact) mass is 376 g/mol. The Bertz CT molecular complexity index is 525. The van der Waals surface area contributed by atoms with Crippen LogP contribution in [0.1, 0.15) is 78.6 Å². The van der Waals surface area contributed by atoms with E-state index in [4.69, 9.17) is 4.43 Å². The van der Waals surface area contributed by atoms with Crippen molar-refractivity contribution in [3.8, 4) is 0 Å². The summed E-state index contributed by atoms with van der Waals surface area (Å²) in [5.74, 6) is 2.84. The van der Waals surface area contributed by atoms with Gasteiger partial charge in [0.25, 0.3) is 0 Å². The van der Waals surface area contributed by atoms with Gasteiger partial charge in [0.1, 0.15) is 5.78 Å². The van der Waals surface area contributed by atoms with Crippen LogP contribution < -0.4 is 0 Å². The van der Waals surface area contributed by atoms with E-state index >= 15 is 0 Å². The van der Waals surface area contributed by atoms with Crippen LogP contribution in [0, 0.1) is 23.7 Å².